The van der Waals surface area contributed by atoms with Crippen LogP contribution in [0.1, 0.15) is 17.0 Å². The Morgan fingerprint density at radius 2 is 2.08 bits per heavy atom. The Kier molecular flexibility index (Phi) is 3.41. The highest BCUT2D eigenvalue weighted by molar-refractivity contribution is 5.68. The summed E-state index contributed by atoms with van der Waals surface area (Å²) < 4.78 is 10.9. The Balaban J connectivity index is 1.43. The summed E-state index contributed by atoms with van der Waals surface area (Å²) in [5.41, 5.74) is 5.64. The number of hydrogen-bond donors (Lipinski definition) is 1. The van der Waals surface area contributed by atoms with Gasteiger partial charge in [0.1, 0.15) is 0 Å². The molecule has 2 aliphatic rings. The minimum absolute atomic E-state index is 0.287. The van der Waals surface area contributed by atoms with Gasteiger partial charge in [0.15, 0.2) is 11.5 Å². The van der Waals surface area contributed by atoms with Crippen molar-refractivity contribution in [2.75, 3.05) is 13.3 Å². The molecule has 126 valence electrons. The molecule has 1 N–H and O–H groups in total. The molecule has 0 aliphatic carbocycles. The smallest absolute Gasteiger partial charge is 0.231 e. The second-order valence-corrected chi connectivity index (χ2v) is 6.38. The zero-order chi connectivity index (χ0) is 16.6. The number of rotatable bonds is 3. The van der Waals surface area contributed by atoms with Crippen LogP contribution in [0.5, 0.6) is 11.5 Å². The van der Waals surface area contributed by atoms with Gasteiger partial charge in [0.2, 0.25) is 6.79 Å². The maximum Gasteiger partial charge on any atom is 0.231 e. The van der Waals surface area contributed by atoms with Gasteiger partial charge in [-0.25, -0.2) is 0 Å². The number of H-pyrrole nitrogens is 1. The molecule has 0 spiro atoms. The Hall–Kier alpha value is -2.86. The van der Waals surface area contributed by atoms with Crippen LogP contribution in [0.2, 0.25) is 0 Å². The average Bonchev–Trinajstić information content (AvgIpc) is 3.28. The van der Waals surface area contributed by atoms with Gasteiger partial charge in [0, 0.05) is 49.1 Å². The number of benzene rings is 1. The lowest BCUT2D eigenvalue weighted by Gasteiger charge is -2.26. The van der Waals surface area contributed by atoms with Crippen molar-refractivity contribution in [3.63, 3.8) is 0 Å². The van der Waals surface area contributed by atoms with Crippen molar-refractivity contribution in [3.8, 4) is 22.8 Å². The molecule has 0 amide bonds. The molecule has 2 aliphatic heterocycles. The molecule has 0 unspecified atom stereocenters. The highest BCUT2D eigenvalue weighted by atomic mass is 16.7. The van der Waals surface area contributed by atoms with Gasteiger partial charge >= 0.3 is 0 Å². The zero-order valence-corrected chi connectivity index (χ0v) is 13.7. The Morgan fingerprint density at radius 3 is 3.00 bits per heavy atom. The highest BCUT2D eigenvalue weighted by Gasteiger charge is 2.24. The minimum Gasteiger partial charge on any atom is -0.454 e. The first-order chi connectivity index (χ1) is 12.4. The van der Waals surface area contributed by atoms with E-state index in [0.29, 0.717) is 0 Å². The Labute approximate surface area is 145 Å². The normalized spacial score (nSPS) is 16.0. The van der Waals surface area contributed by atoms with E-state index >= 15 is 0 Å². The summed E-state index contributed by atoms with van der Waals surface area (Å²) in [6.07, 6.45) is 2.82. The number of fused-ring (bicyclic) bond motifs is 2. The van der Waals surface area contributed by atoms with Crippen LogP contribution in [0.25, 0.3) is 11.3 Å². The van der Waals surface area contributed by atoms with E-state index in [1.165, 1.54) is 11.3 Å². The molecular weight excluding hydrogens is 316 g/mol. The topological polar surface area (TPSA) is 63.3 Å². The van der Waals surface area contributed by atoms with Gasteiger partial charge in [-0.05, 0) is 30.3 Å². The van der Waals surface area contributed by atoms with Gasteiger partial charge < -0.3 is 9.47 Å². The van der Waals surface area contributed by atoms with E-state index in [2.05, 4.69) is 26.1 Å². The van der Waals surface area contributed by atoms with Crippen LogP contribution in [-0.4, -0.2) is 33.4 Å². The summed E-state index contributed by atoms with van der Waals surface area (Å²) >= 11 is 0. The first-order valence-electron chi connectivity index (χ1n) is 8.45. The van der Waals surface area contributed by atoms with Crippen molar-refractivity contribution in [1.82, 2.24) is 20.1 Å². The molecule has 6 heteroatoms. The van der Waals surface area contributed by atoms with E-state index in [-0.39, 0.29) is 6.79 Å². The fourth-order valence-electron chi connectivity index (χ4n) is 3.49. The van der Waals surface area contributed by atoms with E-state index in [1.54, 1.807) is 0 Å². The molecule has 0 saturated heterocycles. The lowest BCUT2D eigenvalue weighted by Crippen LogP contribution is -2.30. The second-order valence-electron chi connectivity index (χ2n) is 6.38. The van der Waals surface area contributed by atoms with Crippen LogP contribution < -0.4 is 9.47 Å². The molecule has 0 saturated carbocycles. The first-order valence-corrected chi connectivity index (χ1v) is 8.45. The number of pyridine rings is 1. The predicted molar refractivity (Wildman–Crippen MR) is 92.2 cm³/mol. The van der Waals surface area contributed by atoms with E-state index in [4.69, 9.17) is 9.47 Å². The van der Waals surface area contributed by atoms with Crippen LogP contribution in [-0.2, 0) is 19.5 Å². The molecular formula is C19H18N4O2. The molecule has 0 atom stereocenters. The standard InChI is InChI=1S/C19H18N4O2/c1-2-7-20-14(3-1)10-23-8-6-16-15(11-23)19(22-21-16)13-4-5-17-18(9-13)25-12-24-17/h1-5,7,9H,6,8,10-12H2,(H,21,22). The van der Waals surface area contributed by atoms with Crippen LogP contribution in [0.15, 0.2) is 42.6 Å². The molecule has 2 aromatic heterocycles. The molecule has 4 heterocycles. The number of nitrogens with zero attached hydrogens (tertiary/aromatic N) is 3. The molecule has 6 nitrogen and oxygen atoms in total. The molecule has 0 bridgehead atoms. The van der Waals surface area contributed by atoms with Gasteiger partial charge in [0.05, 0.1) is 11.4 Å². The summed E-state index contributed by atoms with van der Waals surface area (Å²) in [6.45, 7) is 3.01. The average molecular weight is 334 g/mol. The predicted octanol–water partition coefficient (Wildman–Crippen LogP) is 2.76. The fourth-order valence-corrected chi connectivity index (χ4v) is 3.49. The van der Waals surface area contributed by atoms with Crippen molar-refractivity contribution in [1.29, 1.82) is 0 Å². The fraction of sp³-hybridized carbons (Fsp3) is 0.263. The number of ether oxygens (including phenoxy) is 2. The van der Waals surface area contributed by atoms with E-state index in [0.717, 1.165) is 54.5 Å². The number of aromatic amines is 1. The van der Waals surface area contributed by atoms with E-state index in [1.807, 2.05) is 36.5 Å². The number of hydrogen-bond acceptors (Lipinski definition) is 5. The Bertz CT molecular complexity index is 907. The molecule has 3 aromatic rings. The van der Waals surface area contributed by atoms with Gasteiger partial charge in [-0.1, -0.05) is 6.07 Å². The zero-order valence-electron chi connectivity index (χ0n) is 13.7. The lowest BCUT2D eigenvalue weighted by atomic mass is 10.0. The highest BCUT2D eigenvalue weighted by Crippen LogP contribution is 2.37. The van der Waals surface area contributed by atoms with Crippen molar-refractivity contribution >= 4 is 0 Å². The van der Waals surface area contributed by atoms with Gasteiger partial charge in [-0.15, -0.1) is 0 Å². The molecule has 1 aromatic carbocycles. The third-order valence-electron chi connectivity index (χ3n) is 4.77. The molecule has 5 rings (SSSR count). The maximum atomic E-state index is 5.50. The van der Waals surface area contributed by atoms with Crippen molar-refractivity contribution in [3.05, 3.63) is 59.5 Å². The quantitative estimate of drug-likeness (QED) is 0.798. The van der Waals surface area contributed by atoms with Crippen molar-refractivity contribution < 1.29 is 9.47 Å². The maximum absolute atomic E-state index is 5.50. The van der Waals surface area contributed by atoms with E-state index < -0.39 is 0 Å². The number of aromatic nitrogens is 3. The number of nitrogens with one attached hydrogen (secondary N) is 1. The van der Waals surface area contributed by atoms with Crippen LogP contribution in [0, 0.1) is 0 Å². The summed E-state index contributed by atoms with van der Waals surface area (Å²) in [6, 6.07) is 12.1. The van der Waals surface area contributed by atoms with Gasteiger partial charge in [0.25, 0.3) is 0 Å². The van der Waals surface area contributed by atoms with E-state index in [9.17, 15) is 0 Å². The summed E-state index contributed by atoms with van der Waals surface area (Å²) in [7, 11) is 0. The summed E-state index contributed by atoms with van der Waals surface area (Å²) in [4.78, 5) is 6.85. The van der Waals surface area contributed by atoms with Gasteiger partial charge in [-0.3, -0.25) is 15.0 Å². The minimum atomic E-state index is 0.287. The lowest BCUT2D eigenvalue weighted by molar-refractivity contribution is 0.174. The van der Waals surface area contributed by atoms with Gasteiger partial charge in [-0.2, -0.15) is 5.10 Å². The molecule has 0 fully saturated rings. The molecule has 25 heavy (non-hydrogen) atoms. The first kappa shape index (κ1) is 14.5. The van der Waals surface area contributed by atoms with Crippen LogP contribution in [0.4, 0.5) is 0 Å². The molecule has 0 radical (unpaired) electrons. The third-order valence-corrected chi connectivity index (χ3v) is 4.77. The Morgan fingerprint density at radius 1 is 1.12 bits per heavy atom. The van der Waals surface area contributed by atoms with Crippen molar-refractivity contribution in [2.45, 2.75) is 19.5 Å². The second kappa shape index (κ2) is 5.89. The SMILES string of the molecule is c1ccc(CN2CCc3[nH]nc(-c4ccc5c(c4)OCO5)c3C2)nc1. The third kappa shape index (κ3) is 2.64. The summed E-state index contributed by atoms with van der Waals surface area (Å²) in [5, 5.41) is 7.78. The van der Waals surface area contributed by atoms with Crippen molar-refractivity contribution in [2.24, 2.45) is 0 Å². The van der Waals surface area contributed by atoms with Crippen LogP contribution >= 0.6 is 0 Å². The summed E-state index contributed by atoms with van der Waals surface area (Å²) in [5.74, 6) is 1.58. The largest absolute Gasteiger partial charge is 0.454 e. The monoisotopic (exact) mass is 334 g/mol. The van der Waals surface area contributed by atoms with Crippen LogP contribution in [0.3, 0.4) is 0 Å².